The summed E-state index contributed by atoms with van der Waals surface area (Å²) in [6.45, 7) is 0. The van der Waals surface area contributed by atoms with E-state index >= 15 is 0 Å². The van der Waals surface area contributed by atoms with Crippen LogP contribution in [0.4, 0.5) is 5.13 Å². The van der Waals surface area contributed by atoms with Crippen LogP contribution in [0.3, 0.4) is 0 Å². The van der Waals surface area contributed by atoms with E-state index in [0.29, 0.717) is 10.2 Å². The SMILES string of the molecule is O=C(Nc1nc2ccc(Cl)cc2s1)c1cncc(O)c1. The highest BCUT2D eigenvalue weighted by molar-refractivity contribution is 7.22. The predicted octanol–water partition coefficient (Wildman–Crippen LogP) is 3.30. The number of hydrogen-bond donors (Lipinski definition) is 2. The lowest BCUT2D eigenvalue weighted by atomic mass is 10.2. The second-order valence-corrected chi connectivity index (χ2v) is 5.48. The third-order valence-corrected chi connectivity index (χ3v) is 3.73. The largest absolute Gasteiger partial charge is 0.506 e. The summed E-state index contributed by atoms with van der Waals surface area (Å²) in [5, 5.41) is 13.1. The van der Waals surface area contributed by atoms with E-state index in [9.17, 15) is 9.90 Å². The van der Waals surface area contributed by atoms with E-state index < -0.39 is 0 Å². The summed E-state index contributed by atoms with van der Waals surface area (Å²) in [6.07, 6.45) is 2.63. The molecule has 0 saturated carbocycles. The maximum atomic E-state index is 12.0. The number of benzene rings is 1. The Morgan fingerprint density at radius 1 is 1.30 bits per heavy atom. The molecule has 0 radical (unpaired) electrons. The number of nitrogens with zero attached hydrogens (tertiary/aromatic N) is 2. The monoisotopic (exact) mass is 305 g/mol. The fraction of sp³-hybridized carbons (Fsp3) is 0. The molecule has 7 heteroatoms. The number of anilines is 1. The molecule has 0 unspecified atom stereocenters. The van der Waals surface area contributed by atoms with Crippen molar-refractivity contribution in [2.45, 2.75) is 0 Å². The Balaban J connectivity index is 1.87. The van der Waals surface area contributed by atoms with Crippen LogP contribution in [-0.4, -0.2) is 21.0 Å². The fourth-order valence-corrected chi connectivity index (χ4v) is 2.81. The molecule has 0 aliphatic carbocycles. The van der Waals surface area contributed by atoms with Gasteiger partial charge in [0.25, 0.3) is 5.91 Å². The van der Waals surface area contributed by atoms with Crippen molar-refractivity contribution in [2.24, 2.45) is 0 Å². The molecule has 1 amide bonds. The first-order chi connectivity index (χ1) is 9.61. The van der Waals surface area contributed by atoms with Gasteiger partial charge in [0.15, 0.2) is 5.13 Å². The molecule has 2 aromatic heterocycles. The highest BCUT2D eigenvalue weighted by Crippen LogP contribution is 2.28. The van der Waals surface area contributed by atoms with Crippen LogP contribution >= 0.6 is 22.9 Å². The number of rotatable bonds is 2. The van der Waals surface area contributed by atoms with E-state index in [1.165, 1.54) is 29.8 Å². The number of pyridine rings is 1. The van der Waals surface area contributed by atoms with Gasteiger partial charge in [-0.05, 0) is 24.3 Å². The van der Waals surface area contributed by atoms with Crippen LogP contribution in [0, 0.1) is 0 Å². The van der Waals surface area contributed by atoms with Crippen LogP contribution in [0.5, 0.6) is 5.75 Å². The molecular formula is C13H8ClN3O2S. The quantitative estimate of drug-likeness (QED) is 0.761. The summed E-state index contributed by atoms with van der Waals surface area (Å²) in [7, 11) is 0. The first kappa shape index (κ1) is 12.8. The standard InChI is InChI=1S/C13H8ClN3O2S/c14-8-1-2-10-11(4-8)20-13(16-10)17-12(19)7-3-9(18)6-15-5-7/h1-6,18H,(H,16,17,19). The zero-order valence-corrected chi connectivity index (χ0v) is 11.6. The van der Waals surface area contributed by atoms with Crippen LogP contribution in [-0.2, 0) is 0 Å². The van der Waals surface area contributed by atoms with Gasteiger partial charge in [0.05, 0.1) is 22.0 Å². The molecule has 0 aliphatic rings. The molecule has 0 spiro atoms. The van der Waals surface area contributed by atoms with Crippen molar-refractivity contribution in [2.75, 3.05) is 5.32 Å². The normalized spacial score (nSPS) is 10.7. The molecule has 0 aliphatic heterocycles. The van der Waals surface area contributed by atoms with Gasteiger partial charge in [-0.3, -0.25) is 15.1 Å². The van der Waals surface area contributed by atoms with Crippen molar-refractivity contribution in [1.29, 1.82) is 0 Å². The second kappa shape index (κ2) is 5.07. The maximum Gasteiger partial charge on any atom is 0.259 e. The van der Waals surface area contributed by atoms with Gasteiger partial charge in [0.2, 0.25) is 0 Å². The molecule has 3 rings (SSSR count). The summed E-state index contributed by atoms with van der Waals surface area (Å²) < 4.78 is 0.891. The molecule has 5 nitrogen and oxygen atoms in total. The zero-order chi connectivity index (χ0) is 14.1. The van der Waals surface area contributed by atoms with Gasteiger partial charge >= 0.3 is 0 Å². The Hall–Kier alpha value is -2.18. The minimum absolute atomic E-state index is 0.0614. The number of hydrogen-bond acceptors (Lipinski definition) is 5. The van der Waals surface area contributed by atoms with Crippen molar-refractivity contribution in [3.05, 3.63) is 47.2 Å². The van der Waals surface area contributed by atoms with E-state index in [1.807, 2.05) is 0 Å². The van der Waals surface area contributed by atoms with Gasteiger partial charge < -0.3 is 5.11 Å². The van der Waals surface area contributed by atoms with Crippen LogP contribution in [0.15, 0.2) is 36.7 Å². The molecule has 1 aromatic carbocycles. The van der Waals surface area contributed by atoms with Gasteiger partial charge in [-0.15, -0.1) is 0 Å². The Labute approximate surface area is 122 Å². The van der Waals surface area contributed by atoms with Crippen molar-refractivity contribution < 1.29 is 9.90 Å². The van der Waals surface area contributed by atoms with Crippen molar-refractivity contribution in [1.82, 2.24) is 9.97 Å². The number of nitrogens with one attached hydrogen (secondary N) is 1. The number of fused-ring (bicyclic) bond motifs is 1. The molecule has 2 heterocycles. The molecule has 0 atom stereocenters. The molecule has 0 fully saturated rings. The van der Waals surface area contributed by atoms with Gasteiger partial charge in [-0.25, -0.2) is 4.98 Å². The minimum Gasteiger partial charge on any atom is -0.506 e. The Morgan fingerprint density at radius 2 is 2.15 bits per heavy atom. The maximum absolute atomic E-state index is 12.0. The molecule has 3 aromatic rings. The number of thiazole rings is 1. The molecule has 0 bridgehead atoms. The second-order valence-electron chi connectivity index (χ2n) is 4.02. The average molecular weight is 306 g/mol. The van der Waals surface area contributed by atoms with Crippen molar-refractivity contribution in [3.63, 3.8) is 0 Å². The summed E-state index contributed by atoms with van der Waals surface area (Å²) in [6, 6.07) is 6.67. The van der Waals surface area contributed by atoms with E-state index in [4.69, 9.17) is 11.6 Å². The minimum atomic E-state index is -0.376. The number of amides is 1. The van der Waals surface area contributed by atoms with Crippen LogP contribution < -0.4 is 5.32 Å². The number of carbonyl (C=O) groups excluding carboxylic acids is 1. The lowest BCUT2D eigenvalue weighted by molar-refractivity contribution is 0.102. The van der Waals surface area contributed by atoms with Crippen molar-refractivity contribution >= 4 is 44.2 Å². The summed E-state index contributed by atoms with van der Waals surface area (Å²) in [4.78, 5) is 20.0. The molecular weight excluding hydrogens is 298 g/mol. The number of halogens is 1. The summed E-state index contributed by atoms with van der Waals surface area (Å²) in [5.41, 5.74) is 1.03. The van der Waals surface area contributed by atoms with E-state index in [-0.39, 0.29) is 17.2 Å². The van der Waals surface area contributed by atoms with E-state index in [1.54, 1.807) is 18.2 Å². The first-order valence-electron chi connectivity index (χ1n) is 5.63. The van der Waals surface area contributed by atoms with Gasteiger partial charge in [-0.2, -0.15) is 0 Å². The average Bonchev–Trinajstić information content (AvgIpc) is 2.80. The molecule has 0 saturated heterocycles. The topological polar surface area (TPSA) is 75.1 Å². The van der Waals surface area contributed by atoms with Crippen LogP contribution in [0.1, 0.15) is 10.4 Å². The zero-order valence-electron chi connectivity index (χ0n) is 10.0. The predicted molar refractivity (Wildman–Crippen MR) is 78.5 cm³/mol. The Bertz CT molecular complexity index is 803. The van der Waals surface area contributed by atoms with Gasteiger partial charge in [0, 0.05) is 11.2 Å². The first-order valence-corrected chi connectivity index (χ1v) is 6.83. The highest BCUT2D eigenvalue weighted by atomic mass is 35.5. The molecule has 20 heavy (non-hydrogen) atoms. The number of aromatic nitrogens is 2. The third kappa shape index (κ3) is 2.56. The third-order valence-electron chi connectivity index (χ3n) is 2.56. The van der Waals surface area contributed by atoms with Crippen molar-refractivity contribution in [3.8, 4) is 5.75 Å². The molecule has 100 valence electrons. The van der Waals surface area contributed by atoms with Crippen LogP contribution in [0.25, 0.3) is 10.2 Å². The fourth-order valence-electron chi connectivity index (χ4n) is 1.67. The van der Waals surface area contributed by atoms with E-state index in [2.05, 4.69) is 15.3 Å². The molecule has 2 N–H and O–H groups in total. The Kier molecular flexibility index (Phi) is 3.25. The van der Waals surface area contributed by atoms with E-state index in [0.717, 1.165) is 10.2 Å². The smallest absolute Gasteiger partial charge is 0.259 e. The lowest BCUT2D eigenvalue weighted by Gasteiger charge is -2.00. The summed E-state index contributed by atoms with van der Waals surface area (Å²) in [5.74, 6) is -0.438. The highest BCUT2D eigenvalue weighted by Gasteiger charge is 2.11. The Morgan fingerprint density at radius 3 is 2.95 bits per heavy atom. The number of carbonyl (C=O) groups is 1. The summed E-state index contributed by atoms with van der Waals surface area (Å²) >= 11 is 7.23. The van der Waals surface area contributed by atoms with Crippen LogP contribution in [0.2, 0.25) is 5.02 Å². The van der Waals surface area contributed by atoms with Gasteiger partial charge in [0.1, 0.15) is 5.75 Å². The number of aromatic hydroxyl groups is 1. The lowest BCUT2D eigenvalue weighted by Crippen LogP contribution is -2.11. The van der Waals surface area contributed by atoms with Gasteiger partial charge in [-0.1, -0.05) is 22.9 Å².